The quantitative estimate of drug-likeness (QED) is 0.829. The summed E-state index contributed by atoms with van der Waals surface area (Å²) >= 11 is 0. The number of hydrogen-bond donors (Lipinski definition) is 1. The first-order chi connectivity index (χ1) is 9.04. The Morgan fingerprint density at radius 2 is 2.21 bits per heavy atom. The Hall–Kier alpha value is -1.51. The van der Waals surface area contributed by atoms with Crippen LogP contribution < -0.4 is 4.31 Å². The predicted octanol–water partition coefficient (Wildman–Crippen LogP) is 1.27. The number of benzene rings is 1. The first-order valence-corrected chi connectivity index (χ1v) is 7.86. The molecule has 0 aromatic heterocycles. The van der Waals surface area contributed by atoms with E-state index in [4.69, 9.17) is 5.11 Å². The summed E-state index contributed by atoms with van der Waals surface area (Å²) in [5, 5.41) is 8.74. The molecule has 0 bridgehead atoms. The fourth-order valence-corrected chi connectivity index (χ4v) is 3.65. The van der Waals surface area contributed by atoms with Gasteiger partial charge in [-0.3, -0.25) is 4.31 Å². The molecule has 1 N–H and O–H groups in total. The third kappa shape index (κ3) is 3.09. The summed E-state index contributed by atoms with van der Waals surface area (Å²) in [7, 11) is -3.19. The number of anilines is 1. The molecule has 4 nitrogen and oxygen atoms in total. The van der Waals surface area contributed by atoms with E-state index in [-0.39, 0.29) is 12.4 Å². The Morgan fingerprint density at radius 1 is 1.42 bits per heavy atom. The lowest BCUT2D eigenvalue weighted by Gasteiger charge is -2.19. The summed E-state index contributed by atoms with van der Waals surface area (Å²) in [6, 6.07) is 5.60. The van der Waals surface area contributed by atoms with Gasteiger partial charge in [-0.15, -0.1) is 0 Å². The fourth-order valence-electron chi connectivity index (χ4n) is 2.08. The molecule has 1 aromatic carbocycles. The van der Waals surface area contributed by atoms with Gasteiger partial charge in [0.25, 0.3) is 0 Å². The number of rotatable bonds is 2. The lowest BCUT2D eigenvalue weighted by Crippen LogP contribution is -2.26. The molecular formula is C14H17NO3S. The third-order valence-electron chi connectivity index (χ3n) is 2.98. The Balaban J connectivity index is 2.44. The van der Waals surface area contributed by atoms with Crippen molar-refractivity contribution >= 4 is 15.7 Å². The van der Waals surface area contributed by atoms with Crippen molar-refractivity contribution in [3.05, 3.63) is 29.3 Å². The summed E-state index contributed by atoms with van der Waals surface area (Å²) < 4.78 is 25.4. The van der Waals surface area contributed by atoms with Crippen LogP contribution in [-0.4, -0.2) is 32.4 Å². The highest BCUT2D eigenvalue weighted by atomic mass is 32.2. The highest BCUT2D eigenvalue weighted by Crippen LogP contribution is 2.28. The second-order valence-electron chi connectivity index (χ2n) is 4.54. The maximum Gasteiger partial charge on any atom is 0.235 e. The monoisotopic (exact) mass is 279 g/mol. The maximum atomic E-state index is 12.0. The number of sulfonamides is 1. The van der Waals surface area contributed by atoms with Gasteiger partial charge in [-0.2, -0.15) is 0 Å². The van der Waals surface area contributed by atoms with Crippen LogP contribution in [0, 0.1) is 18.8 Å². The summed E-state index contributed by atoms with van der Waals surface area (Å²) in [5.41, 5.74) is 2.36. The Morgan fingerprint density at radius 3 is 2.84 bits per heavy atom. The lowest BCUT2D eigenvalue weighted by molar-refractivity contribution is 0.305. The third-order valence-corrected chi connectivity index (χ3v) is 4.84. The summed E-state index contributed by atoms with van der Waals surface area (Å²) in [6.45, 7) is 2.45. The molecule has 1 fully saturated rings. The lowest BCUT2D eigenvalue weighted by atomic mass is 10.1. The van der Waals surface area contributed by atoms with E-state index < -0.39 is 10.0 Å². The molecule has 0 radical (unpaired) electrons. The second-order valence-corrected chi connectivity index (χ2v) is 6.55. The number of aliphatic hydroxyl groups is 1. The van der Waals surface area contributed by atoms with E-state index in [0.29, 0.717) is 30.6 Å². The molecule has 0 atom stereocenters. The van der Waals surface area contributed by atoms with Gasteiger partial charge >= 0.3 is 0 Å². The van der Waals surface area contributed by atoms with Crippen LogP contribution in [0.15, 0.2) is 18.2 Å². The van der Waals surface area contributed by atoms with Crippen molar-refractivity contribution in [2.45, 2.75) is 19.8 Å². The van der Waals surface area contributed by atoms with E-state index in [0.717, 1.165) is 5.56 Å². The van der Waals surface area contributed by atoms with Gasteiger partial charge in [0.2, 0.25) is 10.0 Å². The van der Waals surface area contributed by atoms with E-state index >= 15 is 0 Å². The highest BCUT2D eigenvalue weighted by molar-refractivity contribution is 7.93. The molecule has 0 amide bonds. The Kier molecular flexibility index (Phi) is 4.13. The second kappa shape index (κ2) is 5.64. The molecule has 0 unspecified atom stereocenters. The van der Waals surface area contributed by atoms with Gasteiger partial charge in [0.1, 0.15) is 0 Å². The van der Waals surface area contributed by atoms with Crippen LogP contribution in [-0.2, 0) is 10.0 Å². The van der Waals surface area contributed by atoms with Crippen molar-refractivity contribution in [1.82, 2.24) is 0 Å². The van der Waals surface area contributed by atoms with Gasteiger partial charge in [-0.1, -0.05) is 17.9 Å². The number of aryl methyl sites for hydroxylation is 1. The normalized spacial score (nSPS) is 17.1. The van der Waals surface area contributed by atoms with Gasteiger partial charge in [0.15, 0.2) is 0 Å². The maximum absolute atomic E-state index is 12.0. The topological polar surface area (TPSA) is 57.6 Å². The van der Waals surface area contributed by atoms with E-state index in [9.17, 15) is 8.42 Å². The van der Waals surface area contributed by atoms with Crippen LogP contribution in [0.5, 0.6) is 0 Å². The van der Waals surface area contributed by atoms with Crippen molar-refractivity contribution in [2.24, 2.45) is 0 Å². The minimum Gasteiger partial charge on any atom is -0.395 e. The smallest absolute Gasteiger partial charge is 0.235 e. The Labute approximate surface area is 114 Å². The predicted molar refractivity (Wildman–Crippen MR) is 75.5 cm³/mol. The van der Waals surface area contributed by atoms with Crippen LogP contribution in [0.2, 0.25) is 0 Å². The Bertz CT molecular complexity index is 626. The summed E-state index contributed by atoms with van der Waals surface area (Å²) in [5.74, 6) is 5.98. The van der Waals surface area contributed by atoms with Crippen LogP contribution in [0.3, 0.4) is 0 Å². The average Bonchev–Trinajstić information content (AvgIpc) is 2.71. The first-order valence-electron chi connectivity index (χ1n) is 6.25. The van der Waals surface area contributed by atoms with Crippen LogP contribution in [0.1, 0.15) is 24.0 Å². The van der Waals surface area contributed by atoms with Gasteiger partial charge in [-0.05, 0) is 31.0 Å². The highest BCUT2D eigenvalue weighted by Gasteiger charge is 2.29. The standard InChI is InChI=1S/C14H17NO3S/c1-12-6-7-13(5-2-3-9-16)14(11-12)15-8-4-10-19(15,17)18/h6-7,11,16H,3-4,8-10H2,1H3. The molecule has 1 heterocycles. The van der Waals surface area contributed by atoms with Crippen LogP contribution in [0.4, 0.5) is 5.69 Å². The molecule has 0 spiro atoms. The van der Waals surface area contributed by atoms with Crippen molar-refractivity contribution < 1.29 is 13.5 Å². The molecule has 102 valence electrons. The van der Waals surface area contributed by atoms with E-state index in [1.165, 1.54) is 4.31 Å². The summed E-state index contributed by atoms with van der Waals surface area (Å²) in [6.07, 6.45) is 1.04. The van der Waals surface area contributed by atoms with Crippen molar-refractivity contribution in [1.29, 1.82) is 0 Å². The zero-order valence-electron chi connectivity index (χ0n) is 10.9. The SMILES string of the molecule is Cc1ccc(C#CCCO)c(N2CCCS2(=O)=O)c1. The minimum absolute atomic E-state index is 0.0101. The van der Waals surface area contributed by atoms with Crippen LogP contribution in [0.25, 0.3) is 0 Å². The van der Waals surface area contributed by atoms with E-state index in [2.05, 4.69) is 11.8 Å². The van der Waals surface area contributed by atoms with E-state index in [1.54, 1.807) is 0 Å². The molecule has 1 aliphatic rings. The zero-order valence-corrected chi connectivity index (χ0v) is 11.7. The van der Waals surface area contributed by atoms with Crippen molar-refractivity contribution in [3.8, 4) is 11.8 Å². The summed E-state index contributed by atoms with van der Waals surface area (Å²) in [4.78, 5) is 0. The minimum atomic E-state index is -3.19. The molecule has 5 heteroatoms. The fraction of sp³-hybridized carbons (Fsp3) is 0.429. The molecule has 19 heavy (non-hydrogen) atoms. The van der Waals surface area contributed by atoms with Crippen LogP contribution >= 0.6 is 0 Å². The zero-order chi connectivity index (χ0) is 13.9. The molecule has 0 saturated carbocycles. The molecular weight excluding hydrogens is 262 g/mol. The molecule has 1 saturated heterocycles. The van der Waals surface area contributed by atoms with Crippen molar-refractivity contribution in [2.75, 3.05) is 23.2 Å². The van der Waals surface area contributed by atoms with Gasteiger partial charge in [0, 0.05) is 18.5 Å². The van der Waals surface area contributed by atoms with Crippen molar-refractivity contribution in [3.63, 3.8) is 0 Å². The molecule has 2 rings (SSSR count). The largest absolute Gasteiger partial charge is 0.395 e. The van der Waals surface area contributed by atoms with Gasteiger partial charge in [-0.25, -0.2) is 8.42 Å². The molecule has 1 aromatic rings. The van der Waals surface area contributed by atoms with Gasteiger partial charge in [0.05, 0.1) is 18.0 Å². The molecule has 1 aliphatic heterocycles. The number of aliphatic hydroxyl groups excluding tert-OH is 1. The molecule has 0 aliphatic carbocycles. The first kappa shape index (κ1) is 13.9. The average molecular weight is 279 g/mol. The van der Waals surface area contributed by atoms with E-state index in [1.807, 2.05) is 25.1 Å². The van der Waals surface area contributed by atoms with Gasteiger partial charge < -0.3 is 5.11 Å². The number of hydrogen-bond acceptors (Lipinski definition) is 3. The number of nitrogens with zero attached hydrogens (tertiary/aromatic N) is 1.